The summed E-state index contributed by atoms with van der Waals surface area (Å²) >= 11 is 0. The van der Waals surface area contributed by atoms with Gasteiger partial charge in [-0.1, -0.05) is 12.1 Å². The summed E-state index contributed by atoms with van der Waals surface area (Å²) in [6, 6.07) is 13.3. The van der Waals surface area contributed by atoms with Crippen molar-refractivity contribution in [3.05, 3.63) is 53.7 Å². The van der Waals surface area contributed by atoms with E-state index in [-0.39, 0.29) is 0 Å². The number of para-hydroxylation sites is 2. The second-order valence-corrected chi connectivity index (χ2v) is 4.73. The number of anilines is 1. The summed E-state index contributed by atoms with van der Waals surface area (Å²) in [5, 5.41) is 0. The molecule has 100 valence electrons. The highest BCUT2D eigenvalue weighted by molar-refractivity contribution is 5.74. The number of rotatable bonds is 2. The molecule has 4 heteroatoms. The van der Waals surface area contributed by atoms with E-state index < -0.39 is 0 Å². The zero-order valence-corrected chi connectivity index (χ0v) is 11.4. The molecule has 0 saturated heterocycles. The van der Waals surface area contributed by atoms with Crippen LogP contribution in [0.15, 0.2) is 42.5 Å². The van der Waals surface area contributed by atoms with Crippen LogP contribution in [0.4, 0.5) is 5.69 Å². The van der Waals surface area contributed by atoms with Gasteiger partial charge < -0.3 is 10.5 Å². The predicted octanol–water partition coefficient (Wildman–Crippen LogP) is 3.62. The largest absolute Gasteiger partial charge is 0.437 e. The number of hydrogen-bond donors (Lipinski definition) is 1. The minimum Gasteiger partial charge on any atom is -0.437 e. The molecule has 0 aliphatic heterocycles. The highest BCUT2D eigenvalue weighted by Crippen LogP contribution is 2.27. The van der Waals surface area contributed by atoms with Gasteiger partial charge in [-0.3, -0.25) is 0 Å². The maximum Gasteiger partial charge on any atom is 0.241 e. The maximum absolute atomic E-state index is 5.87. The Labute approximate surface area is 117 Å². The number of aryl methyl sites for hydroxylation is 2. The summed E-state index contributed by atoms with van der Waals surface area (Å²) in [7, 11) is 0. The van der Waals surface area contributed by atoms with E-state index in [1.165, 1.54) is 0 Å². The third-order valence-corrected chi connectivity index (χ3v) is 3.11. The molecule has 0 amide bonds. The number of benzene rings is 2. The van der Waals surface area contributed by atoms with Crippen LogP contribution in [-0.2, 0) is 0 Å². The number of nitrogens with two attached hydrogens (primary N) is 1. The molecule has 4 nitrogen and oxygen atoms in total. The first-order chi connectivity index (χ1) is 9.63. The Balaban J connectivity index is 2.03. The molecule has 0 saturated carbocycles. The minimum absolute atomic E-state index is 0.525. The van der Waals surface area contributed by atoms with Gasteiger partial charge in [0.05, 0.1) is 11.0 Å². The highest BCUT2D eigenvalue weighted by Gasteiger charge is 2.09. The number of hydrogen-bond acceptors (Lipinski definition) is 4. The normalized spacial score (nSPS) is 10.7. The number of aromatic nitrogens is 2. The Hall–Kier alpha value is -2.62. The van der Waals surface area contributed by atoms with Gasteiger partial charge in [-0.05, 0) is 49.7 Å². The molecule has 0 fully saturated rings. The van der Waals surface area contributed by atoms with E-state index in [1.54, 1.807) is 0 Å². The molecule has 3 aromatic rings. The molecule has 0 aliphatic carbocycles. The fourth-order valence-electron chi connectivity index (χ4n) is 2.06. The van der Waals surface area contributed by atoms with Crippen molar-refractivity contribution in [2.24, 2.45) is 0 Å². The van der Waals surface area contributed by atoms with Crippen molar-refractivity contribution in [3.63, 3.8) is 0 Å². The van der Waals surface area contributed by atoms with E-state index in [0.29, 0.717) is 5.88 Å². The zero-order chi connectivity index (χ0) is 14.1. The lowest BCUT2D eigenvalue weighted by Crippen LogP contribution is -1.97. The summed E-state index contributed by atoms with van der Waals surface area (Å²) in [6.07, 6.45) is 0. The molecule has 0 unspecified atom stereocenters. The average Bonchev–Trinajstić information content (AvgIpc) is 2.42. The lowest BCUT2D eigenvalue weighted by Gasteiger charge is -2.10. The zero-order valence-electron chi connectivity index (χ0n) is 11.4. The highest BCUT2D eigenvalue weighted by atomic mass is 16.5. The van der Waals surface area contributed by atoms with E-state index >= 15 is 0 Å². The van der Waals surface area contributed by atoms with Gasteiger partial charge in [-0.2, -0.15) is 0 Å². The maximum atomic E-state index is 5.87. The summed E-state index contributed by atoms with van der Waals surface area (Å²) in [4.78, 5) is 9.02. The number of nitrogen functional groups attached to an aromatic ring is 1. The third kappa shape index (κ3) is 2.28. The molecule has 0 aliphatic rings. The second kappa shape index (κ2) is 4.81. The van der Waals surface area contributed by atoms with Crippen LogP contribution >= 0.6 is 0 Å². The predicted molar refractivity (Wildman–Crippen MR) is 79.9 cm³/mol. The second-order valence-electron chi connectivity index (χ2n) is 4.73. The standard InChI is InChI=1S/C16H15N3O/c1-10-9-12(17)7-8-15(10)20-16-11(2)18-13-5-3-4-6-14(13)19-16/h3-9H,17H2,1-2H3. The quantitative estimate of drug-likeness (QED) is 0.719. The Morgan fingerprint density at radius 1 is 0.950 bits per heavy atom. The Morgan fingerprint density at radius 3 is 2.35 bits per heavy atom. The number of fused-ring (bicyclic) bond motifs is 1. The smallest absolute Gasteiger partial charge is 0.241 e. The lowest BCUT2D eigenvalue weighted by molar-refractivity contribution is 0.455. The van der Waals surface area contributed by atoms with Crippen molar-refractivity contribution in [2.45, 2.75) is 13.8 Å². The van der Waals surface area contributed by atoms with Crippen molar-refractivity contribution in [1.82, 2.24) is 9.97 Å². The molecule has 0 bridgehead atoms. The van der Waals surface area contributed by atoms with Crippen LogP contribution in [0.25, 0.3) is 11.0 Å². The van der Waals surface area contributed by atoms with E-state index in [0.717, 1.165) is 33.7 Å². The molecule has 1 aromatic heterocycles. The Bertz CT molecular complexity index is 784. The molecule has 0 spiro atoms. The first kappa shape index (κ1) is 12.4. The van der Waals surface area contributed by atoms with Gasteiger partial charge in [0.15, 0.2) is 0 Å². The number of nitrogens with zero attached hydrogens (tertiary/aromatic N) is 2. The van der Waals surface area contributed by atoms with E-state index in [4.69, 9.17) is 10.5 Å². The van der Waals surface area contributed by atoms with Crippen LogP contribution in [0.5, 0.6) is 11.6 Å². The van der Waals surface area contributed by atoms with Crippen LogP contribution in [0, 0.1) is 13.8 Å². The molecular weight excluding hydrogens is 250 g/mol. The Morgan fingerprint density at radius 2 is 1.65 bits per heavy atom. The molecule has 20 heavy (non-hydrogen) atoms. The van der Waals surface area contributed by atoms with Crippen LogP contribution in [0.1, 0.15) is 11.3 Å². The van der Waals surface area contributed by atoms with E-state index in [2.05, 4.69) is 9.97 Å². The molecule has 0 radical (unpaired) electrons. The van der Waals surface area contributed by atoms with Gasteiger partial charge in [0.25, 0.3) is 0 Å². The monoisotopic (exact) mass is 265 g/mol. The molecule has 2 N–H and O–H groups in total. The summed E-state index contributed by atoms with van der Waals surface area (Å²) < 4.78 is 5.87. The topological polar surface area (TPSA) is 61.0 Å². The first-order valence-electron chi connectivity index (χ1n) is 6.41. The van der Waals surface area contributed by atoms with Crippen LogP contribution < -0.4 is 10.5 Å². The van der Waals surface area contributed by atoms with E-state index in [9.17, 15) is 0 Å². The molecule has 1 heterocycles. The van der Waals surface area contributed by atoms with Crippen LogP contribution in [-0.4, -0.2) is 9.97 Å². The van der Waals surface area contributed by atoms with Crippen LogP contribution in [0.3, 0.4) is 0 Å². The first-order valence-corrected chi connectivity index (χ1v) is 6.41. The average molecular weight is 265 g/mol. The fraction of sp³-hybridized carbons (Fsp3) is 0.125. The molecule has 0 atom stereocenters. The molecule has 3 rings (SSSR count). The van der Waals surface area contributed by atoms with Crippen molar-refractivity contribution in [3.8, 4) is 11.6 Å². The van der Waals surface area contributed by atoms with Gasteiger partial charge in [0, 0.05) is 5.69 Å². The van der Waals surface area contributed by atoms with Crippen molar-refractivity contribution in [2.75, 3.05) is 5.73 Å². The van der Waals surface area contributed by atoms with Gasteiger partial charge in [0.1, 0.15) is 11.4 Å². The van der Waals surface area contributed by atoms with Crippen molar-refractivity contribution >= 4 is 16.7 Å². The fourth-order valence-corrected chi connectivity index (χ4v) is 2.06. The van der Waals surface area contributed by atoms with E-state index in [1.807, 2.05) is 56.3 Å². The number of ether oxygens (including phenoxy) is 1. The third-order valence-electron chi connectivity index (χ3n) is 3.11. The van der Waals surface area contributed by atoms with Gasteiger partial charge in [0.2, 0.25) is 5.88 Å². The molecule has 2 aromatic carbocycles. The summed E-state index contributed by atoms with van der Waals surface area (Å²) in [5.41, 5.74) is 9.88. The van der Waals surface area contributed by atoms with Crippen molar-refractivity contribution in [1.29, 1.82) is 0 Å². The SMILES string of the molecule is Cc1cc(N)ccc1Oc1nc2ccccc2nc1C. The van der Waals surface area contributed by atoms with Gasteiger partial charge in [-0.25, -0.2) is 9.97 Å². The summed E-state index contributed by atoms with van der Waals surface area (Å²) in [5.74, 6) is 1.27. The Kier molecular flexibility index (Phi) is 2.99. The molecular formula is C16H15N3O. The van der Waals surface area contributed by atoms with Crippen molar-refractivity contribution < 1.29 is 4.74 Å². The van der Waals surface area contributed by atoms with Crippen LogP contribution in [0.2, 0.25) is 0 Å². The minimum atomic E-state index is 0.525. The lowest BCUT2D eigenvalue weighted by atomic mass is 10.2. The van der Waals surface area contributed by atoms with Gasteiger partial charge >= 0.3 is 0 Å². The summed E-state index contributed by atoms with van der Waals surface area (Å²) in [6.45, 7) is 3.84. The van der Waals surface area contributed by atoms with Gasteiger partial charge in [-0.15, -0.1) is 0 Å².